The molecular weight excluding hydrogens is 164 g/mol. The van der Waals surface area contributed by atoms with Gasteiger partial charge in [0.25, 0.3) is 0 Å². The highest BCUT2D eigenvalue weighted by Gasteiger charge is 2.06. The molecule has 0 saturated heterocycles. The third-order valence-electron chi connectivity index (χ3n) is 1.31. The van der Waals surface area contributed by atoms with E-state index in [9.17, 15) is 8.76 Å². The third kappa shape index (κ3) is 1.66. The smallest absolute Gasteiger partial charge is 0.122 e. The molecule has 1 rings (SSSR count). The highest BCUT2D eigenvalue weighted by Crippen LogP contribution is 2.11. The molecule has 0 aliphatic carbocycles. The fraction of sp³-hybridized carbons (Fsp3) is 0.500. The Hall–Kier alpha value is -0.680. The average molecular weight is 173 g/mol. The van der Waals surface area contributed by atoms with E-state index in [-0.39, 0.29) is 5.92 Å². The summed E-state index contributed by atoms with van der Waals surface area (Å²) in [6.45, 7) is 3.79. The van der Waals surface area contributed by atoms with Gasteiger partial charge in [-0.15, -0.1) is 0 Å². The molecule has 1 aromatic heterocycles. The van der Waals surface area contributed by atoms with Crippen LogP contribution in [-0.2, 0) is 11.3 Å². The zero-order chi connectivity index (χ0) is 8.43. The first-order valence-electron chi connectivity index (χ1n) is 3.26. The number of imidazole rings is 1. The van der Waals surface area contributed by atoms with E-state index in [4.69, 9.17) is 0 Å². The largest absolute Gasteiger partial charge is 0.755 e. The van der Waals surface area contributed by atoms with E-state index in [0.29, 0.717) is 5.82 Å². The van der Waals surface area contributed by atoms with Crippen LogP contribution in [0.25, 0.3) is 0 Å². The monoisotopic (exact) mass is 173 g/mol. The summed E-state index contributed by atoms with van der Waals surface area (Å²) in [5, 5.41) is 0. The average Bonchev–Trinajstić information content (AvgIpc) is 2.32. The van der Waals surface area contributed by atoms with Crippen LogP contribution in [0.5, 0.6) is 0 Å². The van der Waals surface area contributed by atoms with Crippen molar-refractivity contribution in [2.45, 2.75) is 19.8 Å². The first-order chi connectivity index (χ1) is 5.13. The Balaban J connectivity index is 3.06. The lowest BCUT2D eigenvalue weighted by atomic mass is 10.2. The van der Waals surface area contributed by atoms with E-state index in [1.807, 2.05) is 13.8 Å². The van der Waals surface area contributed by atoms with Crippen LogP contribution >= 0.6 is 0 Å². The maximum absolute atomic E-state index is 10.5. The van der Waals surface area contributed by atoms with Crippen molar-refractivity contribution in [3.8, 4) is 0 Å². The van der Waals surface area contributed by atoms with Crippen molar-refractivity contribution >= 4 is 11.3 Å². The second kappa shape index (κ2) is 3.15. The molecule has 0 N–H and O–H groups in total. The van der Waals surface area contributed by atoms with Crippen molar-refractivity contribution in [1.82, 2.24) is 8.96 Å². The SMILES string of the molecule is CC(C)c1nccn1S(=O)[O-]. The Morgan fingerprint density at radius 2 is 2.36 bits per heavy atom. The van der Waals surface area contributed by atoms with E-state index < -0.39 is 11.3 Å². The van der Waals surface area contributed by atoms with E-state index in [1.54, 1.807) is 0 Å². The predicted molar refractivity (Wildman–Crippen MR) is 40.6 cm³/mol. The molecule has 0 radical (unpaired) electrons. The number of hydrogen-bond acceptors (Lipinski definition) is 3. The second-order valence-electron chi connectivity index (χ2n) is 2.48. The molecule has 0 fully saturated rings. The molecular formula is C6H9N2O2S-. The molecule has 0 spiro atoms. The van der Waals surface area contributed by atoms with E-state index >= 15 is 0 Å². The minimum atomic E-state index is -2.23. The minimum Gasteiger partial charge on any atom is -0.755 e. The van der Waals surface area contributed by atoms with Gasteiger partial charge in [-0.1, -0.05) is 13.8 Å². The maximum atomic E-state index is 10.5. The first-order valence-corrected chi connectivity index (χ1v) is 4.29. The molecule has 0 aliphatic heterocycles. The van der Waals surface area contributed by atoms with Gasteiger partial charge in [0, 0.05) is 18.3 Å². The number of hydrogen-bond donors (Lipinski definition) is 0. The fourth-order valence-electron chi connectivity index (χ4n) is 0.833. The Morgan fingerprint density at radius 1 is 1.73 bits per heavy atom. The summed E-state index contributed by atoms with van der Waals surface area (Å²) in [6, 6.07) is 0. The minimum absolute atomic E-state index is 0.128. The van der Waals surface area contributed by atoms with Gasteiger partial charge in [0.15, 0.2) is 0 Å². The van der Waals surface area contributed by atoms with Crippen LogP contribution in [-0.4, -0.2) is 17.7 Å². The molecule has 4 nitrogen and oxygen atoms in total. The summed E-state index contributed by atoms with van der Waals surface area (Å²) in [4.78, 5) is 3.91. The van der Waals surface area contributed by atoms with Crippen LogP contribution < -0.4 is 0 Å². The van der Waals surface area contributed by atoms with Gasteiger partial charge >= 0.3 is 0 Å². The number of nitrogens with zero attached hydrogens (tertiary/aromatic N) is 2. The standard InChI is InChI=1S/C6H10N2O2S/c1-5(2)6-7-3-4-8(6)11(9)10/h3-5H,1-2H3,(H,9,10)/p-1. The van der Waals surface area contributed by atoms with Crippen molar-refractivity contribution in [3.05, 3.63) is 18.2 Å². The number of aromatic nitrogens is 2. The summed E-state index contributed by atoms with van der Waals surface area (Å²) >= 11 is -2.23. The van der Waals surface area contributed by atoms with Gasteiger partial charge in [0.05, 0.1) is 11.3 Å². The zero-order valence-corrected chi connectivity index (χ0v) is 7.17. The maximum Gasteiger partial charge on any atom is 0.122 e. The molecule has 1 unspecified atom stereocenters. The molecule has 1 heterocycles. The molecule has 0 aromatic carbocycles. The topological polar surface area (TPSA) is 58.0 Å². The lowest BCUT2D eigenvalue weighted by Gasteiger charge is -2.11. The molecule has 5 heteroatoms. The van der Waals surface area contributed by atoms with Gasteiger partial charge in [-0.25, -0.2) is 4.98 Å². The summed E-state index contributed by atoms with van der Waals surface area (Å²) in [5.41, 5.74) is 0. The van der Waals surface area contributed by atoms with Crippen LogP contribution in [0.1, 0.15) is 25.6 Å². The summed E-state index contributed by atoms with van der Waals surface area (Å²) in [5.74, 6) is 0.696. The van der Waals surface area contributed by atoms with Gasteiger partial charge in [-0.3, -0.25) is 8.18 Å². The van der Waals surface area contributed by atoms with Crippen LogP contribution in [0.2, 0.25) is 0 Å². The van der Waals surface area contributed by atoms with Crippen molar-refractivity contribution in [2.75, 3.05) is 0 Å². The van der Waals surface area contributed by atoms with Gasteiger partial charge in [0.2, 0.25) is 0 Å². The Labute approximate surface area is 67.7 Å². The predicted octanol–water partition coefficient (Wildman–Crippen LogP) is 0.649. The summed E-state index contributed by atoms with van der Waals surface area (Å²) < 4.78 is 22.2. The van der Waals surface area contributed by atoms with Gasteiger partial charge in [0.1, 0.15) is 5.82 Å². The Bertz CT molecular complexity index is 269. The van der Waals surface area contributed by atoms with E-state index in [2.05, 4.69) is 4.98 Å². The van der Waals surface area contributed by atoms with E-state index in [1.165, 1.54) is 12.4 Å². The van der Waals surface area contributed by atoms with Crippen LogP contribution in [0.3, 0.4) is 0 Å². The molecule has 1 aromatic rings. The molecule has 1 atom stereocenters. The molecule has 0 bridgehead atoms. The first kappa shape index (κ1) is 8.42. The van der Waals surface area contributed by atoms with Crippen LogP contribution in [0.4, 0.5) is 0 Å². The quantitative estimate of drug-likeness (QED) is 0.617. The fourth-order valence-corrected chi connectivity index (χ4v) is 1.40. The lowest BCUT2D eigenvalue weighted by molar-refractivity contribution is 0.523. The molecule has 62 valence electrons. The lowest BCUT2D eigenvalue weighted by Crippen LogP contribution is -2.07. The van der Waals surface area contributed by atoms with Crippen molar-refractivity contribution in [3.63, 3.8) is 0 Å². The number of rotatable bonds is 2. The molecule has 0 amide bonds. The Kier molecular flexibility index (Phi) is 2.41. The zero-order valence-electron chi connectivity index (χ0n) is 6.35. The van der Waals surface area contributed by atoms with Gasteiger partial charge in [-0.2, -0.15) is 0 Å². The molecule has 11 heavy (non-hydrogen) atoms. The third-order valence-corrected chi connectivity index (χ3v) is 1.94. The van der Waals surface area contributed by atoms with Crippen molar-refractivity contribution in [1.29, 1.82) is 0 Å². The van der Waals surface area contributed by atoms with Gasteiger partial charge in [-0.05, 0) is 0 Å². The normalized spacial score (nSPS) is 13.8. The Morgan fingerprint density at radius 3 is 2.73 bits per heavy atom. The van der Waals surface area contributed by atoms with Crippen LogP contribution in [0, 0.1) is 0 Å². The summed E-state index contributed by atoms with van der Waals surface area (Å²) in [6.07, 6.45) is 2.91. The summed E-state index contributed by atoms with van der Waals surface area (Å²) in [7, 11) is 0. The highest BCUT2D eigenvalue weighted by molar-refractivity contribution is 7.77. The molecule has 0 saturated carbocycles. The van der Waals surface area contributed by atoms with Gasteiger partial charge < -0.3 is 4.55 Å². The second-order valence-corrected chi connectivity index (χ2v) is 3.31. The van der Waals surface area contributed by atoms with Crippen LogP contribution in [0.15, 0.2) is 12.4 Å². The highest BCUT2D eigenvalue weighted by atomic mass is 32.2. The molecule has 0 aliphatic rings. The van der Waals surface area contributed by atoms with Crippen molar-refractivity contribution in [2.24, 2.45) is 0 Å². The van der Waals surface area contributed by atoms with Crippen molar-refractivity contribution < 1.29 is 8.76 Å². The van der Waals surface area contributed by atoms with E-state index in [0.717, 1.165) is 3.97 Å².